The van der Waals surface area contributed by atoms with Gasteiger partial charge in [0, 0.05) is 17.9 Å². The molecule has 0 aliphatic carbocycles. The summed E-state index contributed by atoms with van der Waals surface area (Å²) >= 11 is 11.7. The van der Waals surface area contributed by atoms with E-state index in [0.717, 1.165) is 0 Å². The fourth-order valence-electron chi connectivity index (χ4n) is 1.62. The monoisotopic (exact) mass is 315 g/mol. The number of halogens is 2. The van der Waals surface area contributed by atoms with Gasteiger partial charge in [-0.15, -0.1) is 0 Å². The lowest BCUT2D eigenvalue weighted by Crippen LogP contribution is -2.12. The van der Waals surface area contributed by atoms with Gasteiger partial charge in [0.1, 0.15) is 11.6 Å². The molecule has 0 bridgehead atoms. The number of benzene rings is 1. The van der Waals surface area contributed by atoms with Gasteiger partial charge in [0.25, 0.3) is 0 Å². The quantitative estimate of drug-likeness (QED) is 0.781. The highest BCUT2D eigenvalue weighted by atomic mass is 35.5. The molecular weight excluding hydrogens is 301 g/mol. The number of rotatable bonds is 7. The Morgan fingerprint density at radius 1 is 1.15 bits per heavy atom. The summed E-state index contributed by atoms with van der Waals surface area (Å²) in [7, 11) is 0. The van der Waals surface area contributed by atoms with Gasteiger partial charge in [-0.05, 0) is 31.5 Å². The summed E-state index contributed by atoms with van der Waals surface area (Å²) in [6.45, 7) is 1.37. The second-order valence-electron chi connectivity index (χ2n) is 4.44. The third-order valence-corrected chi connectivity index (χ3v) is 3.06. The molecule has 1 N–H and O–H groups in total. The first-order valence-electron chi connectivity index (χ1n) is 6.14. The molecule has 0 spiro atoms. The van der Waals surface area contributed by atoms with Gasteiger partial charge < -0.3 is 5.32 Å². The zero-order valence-corrected chi connectivity index (χ0v) is 12.6. The van der Waals surface area contributed by atoms with Crippen molar-refractivity contribution in [2.75, 3.05) is 5.32 Å². The molecule has 108 valence electrons. The van der Waals surface area contributed by atoms with Crippen LogP contribution in [0.5, 0.6) is 0 Å². The number of amides is 1. The van der Waals surface area contributed by atoms with E-state index in [1.54, 1.807) is 12.1 Å². The van der Waals surface area contributed by atoms with Crippen molar-refractivity contribution in [1.29, 1.82) is 0 Å². The van der Waals surface area contributed by atoms with E-state index in [-0.39, 0.29) is 36.7 Å². The number of nitrogens with one attached hydrogen (secondary N) is 1. The van der Waals surface area contributed by atoms with Gasteiger partial charge >= 0.3 is 0 Å². The minimum Gasteiger partial charge on any atom is -0.325 e. The van der Waals surface area contributed by atoms with Crippen LogP contribution < -0.4 is 5.32 Å². The molecule has 0 fully saturated rings. The topological polar surface area (TPSA) is 63.2 Å². The Labute approximate surface area is 127 Å². The van der Waals surface area contributed by atoms with E-state index in [1.165, 1.54) is 13.0 Å². The van der Waals surface area contributed by atoms with Gasteiger partial charge in [0.05, 0.1) is 17.1 Å². The molecule has 0 radical (unpaired) electrons. The van der Waals surface area contributed by atoms with Crippen LogP contribution in [0.25, 0.3) is 0 Å². The summed E-state index contributed by atoms with van der Waals surface area (Å²) in [6, 6.07) is 4.78. The fourth-order valence-corrected chi connectivity index (χ4v) is 2.07. The van der Waals surface area contributed by atoms with E-state index in [1.807, 2.05) is 0 Å². The van der Waals surface area contributed by atoms with E-state index < -0.39 is 0 Å². The summed E-state index contributed by atoms with van der Waals surface area (Å²) in [6.07, 6.45) is 0.762. The lowest BCUT2D eigenvalue weighted by Gasteiger charge is -2.07. The summed E-state index contributed by atoms with van der Waals surface area (Å²) in [5.41, 5.74) is 0.483. The Balaban J connectivity index is 2.37. The summed E-state index contributed by atoms with van der Waals surface area (Å²) in [5, 5.41) is 3.49. The summed E-state index contributed by atoms with van der Waals surface area (Å²) in [4.78, 5) is 33.7. The predicted octanol–water partition coefficient (Wildman–Crippen LogP) is 3.65. The molecule has 0 aliphatic heterocycles. The highest BCUT2D eigenvalue weighted by molar-refractivity contribution is 6.36. The van der Waals surface area contributed by atoms with Crippen LogP contribution in [0, 0.1) is 0 Å². The van der Waals surface area contributed by atoms with Crippen molar-refractivity contribution in [1.82, 2.24) is 0 Å². The number of hydrogen-bond donors (Lipinski definition) is 1. The molecule has 1 rings (SSSR count). The third kappa shape index (κ3) is 6.17. The molecule has 0 heterocycles. The fraction of sp³-hybridized carbons (Fsp3) is 0.357. The molecule has 1 aromatic carbocycles. The lowest BCUT2D eigenvalue weighted by molar-refractivity contribution is -0.125. The molecule has 0 unspecified atom stereocenters. The van der Waals surface area contributed by atoms with Crippen LogP contribution in [0.4, 0.5) is 5.69 Å². The van der Waals surface area contributed by atoms with Crippen molar-refractivity contribution < 1.29 is 14.4 Å². The van der Waals surface area contributed by atoms with Crippen LogP contribution in [0.3, 0.4) is 0 Å². The van der Waals surface area contributed by atoms with Gasteiger partial charge in [0.2, 0.25) is 5.91 Å². The van der Waals surface area contributed by atoms with Crippen LogP contribution in [0.1, 0.15) is 32.6 Å². The van der Waals surface area contributed by atoms with Crippen molar-refractivity contribution in [2.45, 2.75) is 32.6 Å². The third-order valence-electron chi connectivity index (χ3n) is 2.51. The van der Waals surface area contributed by atoms with Crippen molar-refractivity contribution in [3.8, 4) is 0 Å². The van der Waals surface area contributed by atoms with E-state index >= 15 is 0 Å². The highest BCUT2D eigenvalue weighted by Gasteiger charge is 2.09. The number of anilines is 1. The van der Waals surface area contributed by atoms with E-state index in [0.29, 0.717) is 22.2 Å². The molecule has 4 nitrogen and oxygen atoms in total. The molecule has 1 amide bonds. The van der Waals surface area contributed by atoms with Gasteiger partial charge in [-0.3, -0.25) is 14.4 Å². The van der Waals surface area contributed by atoms with Crippen molar-refractivity contribution in [3.05, 3.63) is 28.2 Å². The Kier molecular flexibility index (Phi) is 6.68. The molecule has 0 atom stereocenters. The molecule has 0 aliphatic rings. The van der Waals surface area contributed by atoms with Crippen molar-refractivity contribution in [3.63, 3.8) is 0 Å². The maximum atomic E-state index is 11.7. The molecular formula is C14H15Cl2NO3. The Morgan fingerprint density at radius 2 is 1.85 bits per heavy atom. The van der Waals surface area contributed by atoms with E-state index in [2.05, 4.69) is 5.32 Å². The number of carbonyl (C=O) groups excluding carboxylic acids is 3. The van der Waals surface area contributed by atoms with E-state index in [4.69, 9.17) is 23.2 Å². The van der Waals surface area contributed by atoms with Gasteiger partial charge in [-0.1, -0.05) is 23.2 Å². The van der Waals surface area contributed by atoms with Gasteiger partial charge in [-0.25, -0.2) is 0 Å². The molecule has 1 aromatic rings. The van der Waals surface area contributed by atoms with Crippen LogP contribution in [-0.2, 0) is 14.4 Å². The minimum atomic E-state index is -0.232. The summed E-state index contributed by atoms with van der Waals surface area (Å²) in [5.74, 6) is -0.535. The molecule has 0 saturated carbocycles. The number of carbonyl (C=O) groups is 3. The second-order valence-corrected chi connectivity index (χ2v) is 5.29. The first-order valence-corrected chi connectivity index (χ1v) is 6.90. The predicted molar refractivity (Wildman–Crippen MR) is 79.2 cm³/mol. The Morgan fingerprint density at radius 3 is 2.45 bits per heavy atom. The Bertz CT molecular complexity index is 529. The zero-order chi connectivity index (χ0) is 15.1. The maximum Gasteiger partial charge on any atom is 0.224 e. The average Bonchev–Trinajstić information content (AvgIpc) is 2.31. The van der Waals surface area contributed by atoms with Gasteiger partial charge in [-0.2, -0.15) is 0 Å². The van der Waals surface area contributed by atoms with Crippen molar-refractivity contribution in [2.24, 2.45) is 0 Å². The van der Waals surface area contributed by atoms with Crippen LogP contribution in [-0.4, -0.2) is 17.5 Å². The minimum absolute atomic E-state index is 0.0648. The molecule has 6 heteroatoms. The van der Waals surface area contributed by atoms with Crippen molar-refractivity contribution >= 4 is 46.4 Å². The molecule has 0 aromatic heterocycles. The smallest absolute Gasteiger partial charge is 0.224 e. The standard InChI is InChI=1S/C14H15Cl2NO3/c1-9(18)7-11(19)3-2-4-14(20)17-13-6-5-10(15)8-12(13)16/h5-6,8H,2-4,7H2,1H3,(H,17,20). The van der Waals surface area contributed by atoms with Crippen LogP contribution in [0.2, 0.25) is 10.0 Å². The normalized spacial score (nSPS) is 10.2. The zero-order valence-electron chi connectivity index (χ0n) is 11.0. The van der Waals surface area contributed by atoms with Crippen LogP contribution >= 0.6 is 23.2 Å². The Hall–Kier alpha value is -1.39. The SMILES string of the molecule is CC(=O)CC(=O)CCCC(=O)Nc1ccc(Cl)cc1Cl. The van der Waals surface area contributed by atoms with E-state index in [9.17, 15) is 14.4 Å². The first kappa shape index (κ1) is 16.7. The second kappa shape index (κ2) is 8.02. The molecule has 20 heavy (non-hydrogen) atoms. The summed E-state index contributed by atoms with van der Waals surface area (Å²) < 4.78 is 0. The number of Topliss-reactive ketones (excluding diaryl/α,β-unsaturated/α-hetero) is 2. The van der Waals surface area contributed by atoms with Crippen LogP contribution in [0.15, 0.2) is 18.2 Å². The lowest BCUT2D eigenvalue weighted by atomic mass is 10.1. The first-order chi connectivity index (χ1) is 9.38. The largest absolute Gasteiger partial charge is 0.325 e. The molecule has 0 saturated heterocycles. The maximum absolute atomic E-state index is 11.7. The highest BCUT2D eigenvalue weighted by Crippen LogP contribution is 2.25. The average molecular weight is 316 g/mol. The number of ketones is 2. The van der Waals surface area contributed by atoms with Gasteiger partial charge in [0.15, 0.2) is 0 Å². The number of hydrogen-bond acceptors (Lipinski definition) is 3.